The Morgan fingerprint density at radius 3 is 2.45 bits per heavy atom. The number of hydrogen-bond donors (Lipinski definition) is 0. The number of ether oxygens (including phenoxy) is 1. The van der Waals surface area contributed by atoms with Crippen LogP contribution in [-0.4, -0.2) is 5.97 Å². The van der Waals surface area contributed by atoms with Crippen molar-refractivity contribution in [3.8, 4) is 5.75 Å². The van der Waals surface area contributed by atoms with Crippen LogP contribution in [0.5, 0.6) is 5.75 Å². The second-order valence-corrected chi connectivity index (χ2v) is 5.73. The minimum Gasteiger partial charge on any atom is -0.423 e. The molecule has 0 amide bonds. The number of esters is 1. The molecule has 20 heavy (non-hydrogen) atoms. The Bertz CT molecular complexity index is 442. The molecule has 0 aliphatic heterocycles. The summed E-state index contributed by atoms with van der Waals surface area (Å²) in [5, 5.41) is 0. The van der Waals surface area contributed by atoms with Crippen molar-refractivity contribution in [2.24, 2.45) is 11.8 Å². The van der Waals surface area contributed by atoms with Gasteiger partial charge in [-0.1, -0.05) is 44.5 Å². The Balaban J connectivity index is 1.84. The first-order chi connectivity index (χ1) is 9.70. The van der Waals surface area contributed by atoms with Crippen molar-refractivity contribution in [1.82, 2.24) is 0 Å². The summed E-state index contributed by atoms with van der Waals surface area (Å²) in [7, 11) is 0. The molecule has 1 aliphatic rings. The third-order valence-corrected chi connectivity index (χ3v) is 4.25. The van der Waals surface area contributed by atoms with E-state index in [1.807, 2.05) is 18.2 Å². The second kappa shape index (κ2) is 7.28. The third kappa shape index (κ3) is 3.96. The molecule has 0 N–H and O–H groups in total. The zero-order valence-electron chi connectivity index (χ0n) is 12.3. The average molecular weight is 272 g/mol. The average Bonchev–Trinajstić information content (AvgIpc) is 2.48. The molecule has 0 heterocycles. The fourth-order valence-electron chi connectivity index (χ4n) is 3.04. The fourth-order valence-corrected chi connectivity index (χ4v) is 3.04. The highest BCUT2D eigenvalue weighted by Crippen LogP contribution is 2.35. The van der Waals surface area contributed by atoms with Gasteiger partial charge in [-0.05, 0) is 49.7 Å². The number of rotatable bonds is 5. The van der Waals surface area contributed by atoms with Crippen LogP contribution in [0.2, 0.25) is 0 Å². The summed E-state index contributed by atoms with van der Waals surface area (Å²) >= 11 is 0. The van der Waals surface area contributed by atoms with E-state index in [4.69, 9.17) is 4.74 Å². The molecule has 2 heteroatoms. The molecular formula is C18H24O2. The molecule has 0 unspecified atom stereocenters. The quantitative estimate of drug-likeness (QED) is 0.439. The molecule has 1 aromatic rings. The van der Waals surface area contributed by atoms with Crippen LogP contribution in [0.3, 0.4) is 0 Å². The highest BCUT2D eigenvalue weighted by molar-refractivity contribution is 5.90. The van der Waals surface area contributed by atoms with E-state index >= 15 is 0 Å². The van der Waals surface area contributed by atoms with Gasteiger partial charge < -0.3 is 4.74 Å². The van der Waals surface area contributed by atoms with Crippen LogP contribution in [0.1, 0.15) is 45.4 Å². The smallest absolute Gasteiger partial charge is 0.339 e. The molecule has 0 bridgehead atoms. The van der Waals surface area contributed by atoms with E-state index in [0.717, 1.165) is 18.8 Å². The van der Waals surface area contributed by atoms with Gasteiger partial charge in [0, 0.05) is 5.57 Å². The maximum atomic E-state index is 12.1. The summed E-state index contributed by atoms with van der Waals surface area (Å²) in [5.41, 5.74) is 0.642. The summed E-state index contributed by atoms with van der Waals surface area (Å²) in [5.74, 6) is 1.47. The Morgan fingerprint density at radius 1 is 1.20 bits per heavy atom. The predicted octanol–water partition coefficient (Wildman–Crippen LogP) is 4.75. The minimum absolute atomic E-state index is 0.268. The fraction of sp³-hybridized carbons (Fsp3) is 0.500. The number of benzene rings is 1. The van der Waals surface area contributed by atoms with Gasteiger partial charge >= 0.3 is 5.97 Å². The van der Waals surface area contributed by atoms with Crippen molar-refractivity contribution in [3.63, 3.8) is 0 Å². The van der Waals surface area contributed by atoms with E-state index in [9.17, 15) is 4.79 Å². The molecule has 1 saturated carbocycles. The van der Waals surface area contributed by atoms with Gasteiger partial charge in [-0.15, -0.1) is 0 Å². The van der Waals surface area contributed by atoms with Crippen LogP contribution >= 0.6 is 0 Å². The molecule has 2 nitrogen and oxygen atoms in total. The lowest BCUT2D eigenvalue weighted by Crippen LogP contribution is -2.22. The molecule has 0 atom stereocenters. The molecule has 1 aliphatic carbocycles. The van der Waals surface area contributed by atoms with Crippen molar-refractivity contribution in [2.45, 2.75) is 45.4 Å². The number of para-hydroxylation sites is 1. The largest absolute Gasteiger partial charge is 0.423 e. The molecule has 0 radical (unpaired) electrons. The topological polar surface area (TPSA) is 26.3 Å². The molecular weight excluding hydrogens is 248 g/mol. The van der Waals surface area contributed by atoms with Gasteiger partial charge in [0.05, 0.1) is 0 Å². The third-order valence-electron chi connectivity index (χ3n) is 4.25. The minimum atomic E-state index is -0.268. The van der Waals surface area contributed by atoms with Crippen LogP contribution in [0.15, 0.2) is 42.5 Å². The summed E-state index contributed by atoms with van der Waals surface area (Å²) < 4.78 is 5.37. The summed E-state index contributed by atoms with van der Waals surface area (Å²) in [6.45, 7) is 6.21. The summed E-state index contributed by atoms with van der Waals surface area (Å²) in [6, 6.07) is 9.22. The van der Waals surface area contributed by atoms with Gasteiger partial charge in [0.1, 0.15) is 5.75 Å². The van der Waals surface area contributed by atoms with Crippen molar-refractivity contribution < 1.29 is 9.53 Å². The molecule has 108 valence electrons. The van der Waals surface area contributed by atoms with Gasteiger partial charge in [0.15, 0.2) is 0 Å². The molecule has 1 aromatic carbocycles. The summed E-state index contributed by atoms with van der Waals surface area (Å²) in [4.78, 5) is 12.1. The zero-order valence-corrected chi connectivity index (χ0v) is 12.3. The summed E-state index contributed by atoms with van der Waals surface area (Å²) in [6.07, 6.45) is 7.16. The Kier molecular flexibility index (Phi) is 5.40. The SMILES string of the molecule is C=C(C(=O)Oc1ccccc1)[C@H]1CC[C@H](CCC)CC1. The molecule has 0 spiro atoms. The lowest BCUT2D eigenvalue weighted by Gasteiger charge is -2.28. The van der Waals surface area contributed by atoms with Gasteiger partial charge in [-0.3, -0.25) is 0 Å². The molecule has 1 fully saturated rings. The lowest BCUT2D eigenvalue weighted by atomic mass is 9.77. The van der Waals surface area contributed by atoms with Crippen LogP contribution in [0.4, 0.5) is 0 Å². The van der Waals surface area contributed by atoms with Gasteiger partial charge in [-0.2, -0.15) is 0 Å². The maximum absolute atomic E-state index is 12.1. The number of hydrogen-bond acceptors (Lipinski definition) is 2. The zero-order chi connectivity index (χ0) is 14.4. The van der Waals surface area contributed by atoms with Gasteiger partial charge in [0.25, 0.3) is 0 Å². The molecule has 0 saturated heterocycles. The number of carbonyl (C=O) groups excluding carboxylic acids is 1. The van der Waals surface area contributed by atoms with Gasteiger partial charge in [0.2, 0.25) is 0 Å². The van der Waals surface area contributed by atoms with Crippen LogP contribution < -0.4 is 4.74 Å². The number of carbonyl (C=O) groups is 1. The first kappa shape index (κ1) is 14.8. The standard InChI is InChI=1S/C18H24O2/c1-3-7-15-10-12-16(13-11-15)14(2)18(19)20-17-8-5-4-6-9-17/h4-6,8-9,15-16H,2-3,7,10-13H2,1H3/t15-,16-. The normalized spacial score (nSPS) is 22.2. The van der Waals surface area contributed by atoms with E-state index in [1.165, 1.54) is 25.7 Å². The van der Waals surface area contributed by atoms with E-state index in [-0.39, 0.29) is 5.97 Å². The van der Waals surface area contributed by atoms with Crippen LogP contribution in [0.25, 0.3) is 0 Å². The van der Waals surface area contributed by atoms with Crippen LogP contribution in [-0.2, 0) is 4.79 Å². The van der Waals surface area contributed by atoms with Crippen LogP contribution in [0, 0.1) is 11.8 Å². The van der Waals surface area contributed by atoms with Crippen molar-refractivity contribution >= 4 is 5.97 Å². The maximum Gasteiger partial charge on any atom is 0.339 e. The first-order valence-corrected chi connectivity index (χ1v) is 7.66. The van der Waals surface area contributed by atoms with Crippen molar-refractivity contribution in [1.29, 1.82) is 0 Å². The Labute approximate surface area is 121 Å². The second-order valence-electron chi connectivity index (χ2n) is 5.73. The van der Waals surface area contributed by atoms with E-state index in [1.54, 1.807) is 12.1 Å². The highest BCUT2D eigenvalue weighted by atomic mass is 16.5. The Morgan fingerprint density at radius 2 is 1.85 bits per heavy atom. The Hall–Kier alpha value is -1.57. The van der Waals surface area contributed by atoms with E-state index in [0.29, 0.717) is 17.2 Å². The highest BCUT2D eigenvalue weighted by Gasteiger charge is 2.26. The van der Waals surface area contributed by atoms with E-state index < -0.39 is 0 Å². The van der Waals surface area contributed by atoms with E-state index in [2.05, 4.69) is 13.5 Å². The van der Waals surface area contributed by atoms with Crippen molar-refractivity contribution in [3.05, 3.63) is 42.5 Å². The predicted molar refractivity (Wildman–Crippen MR) is 81.6 cm³/mol. The monoisotopic (exact) mass is 272 g/mol. The molecule has 0 aromatic heterocycles. The lowest BCUT2D eigenvalue weighted by molar-refractivity contribution is -0.130. The van der Waals surface area contributed by atoms with Gasteiger partial charge in [-0.25, -0.2) is 4.79 Å². The first-order valence-electron chi connectivity index (χ1n) is 7.66. The molecule has 2 rings (SSSR count). The van der Waals surface area contributed by atoms with Crippen molar-refractivity contribution in [2.75, 3.05) is 0 Å².